The van der Waals surface area contributed by atoms with Crippen molar-refractivity contribution in [3.05, 3.63) is 38.1 Å². The Bertz CT molecular complexity index is 357. The number of nitrogens with zero attached hydrogens (tertiary/aromatic N) is 1. The van der Waals surface area contributed by atoms with Crippen LogP contribution in [0, 0.1) is 15.9 Å². The Morgan fingerprint density at radius 1 is 1.54 bits per heavy atom. The molecule has 0 N–H and O–H groups in total. The molecule has 0 fully saturated rings. The number of halogens is 3. The minimum absolute atomic E-state index is 0.0988. The predicted molar refractivity (Wildman–Crippen MR) is 53.4 cm³/mol. The zero-order chi connectivity index (χ0) is 10.0. The molecule has 0 aliphatic carbocycles. The largest absolute Gasteiger partial charge is 0.287 e. The van der Waals surface area contributed by atoms with Gasteiger partial charge in [-0.25, -0.2) is 4.39 Å². The summed E-state index contributed by atoms with van der Waals surface area (Å²) >= 11 is 5.99. The molecule has 0 aliphatic heterocycles. The van der Waals surface area contributed by atoms with Crippen molar-refractivity contribution in [3.8, 4) is 0 Å². The molecule has 6 heteroatoms. The van der Waals surface area contributed by atoms with Gasteiger partial charge in [-0.15, -0.1) is 0 Å². The van der Waals surface area contributed by atoms with Crippen LogP contribution in [-0.2, 0) is 5.33 Å². The first-order valence-electron chi connectivity index (χ1n) is 3.24. The van der Waals surface area contributed by atoms with Gasteiger partial charge in [0.05, 0.1) is 9.40 Å². The number of rotatable bonds is 2. The fourth-order valence-electron chi connectivity index (χ4n) is 0.926. The maximum atomic E-state index is 12.8. The molecule has 0 bridgehead atoms. The monoisotopic (exact) mass is 311 g/mol. The maximum Gasteiger partial charge on any atom is 0.287 e. The first-order valence-corrected chi connectivity index (χ1v) is 5.16. The lowest BCUT2D eigenvalue weighted by molar-refractivity contribution is -0.386. The number of nitro groups is 1. The van der Waals surface area contributed by atoms with E-state index in [2.05, 4.69) is 31.9 Å². The maximum absolute atomic E-state index is 12.8. The lowest BCUT2D eigenvalue weighted by Crippen LogP contribution is -1.95. The first kappa shape index (κ1) is 10.6. The molecule has 0 atom stereocenters. The molecule has 70 valence electrons. The number of hydrogen-bond donors (Lipinski definition) is 0. The molecular formula is C7H4Br2FNO2. The average molecular weight is 313 g/mol. The van der Waals surface area contributed by atoms with Gasteiger partial charge in [0.25, 0.3) is 5.69 Å². The molecule has 1 rings (SSSR count). The molecule has 0 saturated heterocycles. The van der Waals surface area contributed by atoms with Gasteiger partial charge in [0, 0.05) is 10.9 Å². The number of alkyl halides is 1. The fourth-order valence-corrected chi connectivity index (χ4v) is 1.97. The van der Waals surface area contributed by atoms with Gasteiger partial charge >= 0.3 is 0 Å². The van der Waals surface area contributed by atoms with E-state index in [9.17, 15) is 14.5 Å². The summed E-state index contributed by atoms with van der Waals surface area (Å²) in [5.41, 5.74) is 0.218. The Balaban J connectivity index is 3.38. The predicted octanol–water partition coefficient (Wildman–Crippen LogP) is 3.39. The van der Waals surface area contributed by atoms with Gasteiger partial charge in [-0.05, 0) is 28.1 Å². The summed E-state index contributed by atoms with van der Waals surface area (Å²) in [6.45, 7) is 0. The molecule has 0 saturated carbocycles. The summed E-state index contributed by atoms with van der Waals surface area (Å²) in [5.74, 6) is -0.494. The van der Waals surface area contributed by atoms with Crippen molar-refractivity contribution in [2.45, 2.75) is 5.33 Å². The van der Waals surface area contributed by atoms with Crippen molar-refractivity contribution in [1.29, 1.82) is 0 Å². The summed E-state index contributed by atoms with van der Waals surface area (Å²) in [5, 5.41) is 10.8. The molecule has 0 heterocycles. The van der Waals surface area contributed by atoms with Crippen LogP contribution in [0.4, 0.5) is 10.1 Å². The van der Waals surface area contributed by atoms with E-state index in [0.29, 0.717) is 5.56 Å². The molecule has 13 heavy (non-hydrogen) atoms. The number of hydrogen-bond acceptors (Lipinski definition) is 2. The Hall–Kier alpha value is -0.490. The third kappa shape index (κ3) is 2.25. The molecule has 1 aromatic carbocycles. The fraction of sp³-hybridized carbons (Fsp3) is 0.143. The molecule has 0 spiro atoms. The molecule has 0 aliphatic rings. The smallest absolute Gasteiger partial charge is 0.258 e. The Kier molecular flexibility index (Phi) is 3.38. The summed E-state index contributed by atoms with van der Waals surface area (Å²) in [6.07, 6.45) is 0. The van der Waals surface area contributed by atoms with E-state index in [-0.39, 0.29) is 15.5 Å². The highest BCUT2D eigenvalue weighted by Gasteiger charge is 2.18. The zero-order valence-electron chi connectivity index (χ0n) is 6.26. The highest BCUT2D eigenvalue weighted by Crippen LogP contribution is 2.31. The average Bonchev–Trinajstić information content (AvgIpc) is 2.01. The third-order valence-corrected chi connectivity index (χ3v) is 2.64. The summed E-state index contributed by atoms with van der Waals surface area (Å²) in [6, 6.07) is 2.21. The second kappa shape index (κ2) is 4.15. The van der Waals surface area contributed by atoms with Crippen LogP contribution < -0.4 is 0 Å². The van der Waals surface area contributed by atoms with E-state index >= 15 is 0 Å². The van der Waals surface area contributed by atoms with Crippen molar-refractivity contribution in [2.24, 2.45) is 0 Å². The Morgan fingerprint density at radius 3 is 2.62 bits per heavy atom. The molecule has 1 aromatic rings. The Labute approximate surface area is 90.3 Å². The van der Waals surface area contributed by atoms with Crippen LogP contribution in [0.1, 0.15) is 5.56 Å². The lowest BCUT2D eigenvalue weighted by Gasteiger charge is -2.01. The van der Waals surface area contributed by atoms with Crippen LogP contribution in [0.5, 0.6) is 0 Å². The van der Waals surface area contributed by atoms with Gasteiger partial charge in [-0.1, -0.05) is 15.9 Å². The van der Waals surface area contributed by atoms with Gasteiger partial charge in [0.15, 0.2) is 0 Å². The van der Waals surface area contributed by atoms with Crippen molar-refractivity contribution in [1.82, 2.24) is 0 Å². The van der Waals surface area contributed by atoms with Crippen molar-refractivity contribution in [3.63, 3.8) is 0 Å². The molecule has 0 aromatic heterocycles. The normalized spacial score (nSPS) is 10.1. The van der Waals surface area contributed by atoms with Gasteiger partial charge in [-0.2, -0.15) is 0 Å². The minimum atomic E-state index is -0.542. The second-order valence-electron chi connectivity index (χ2n) is 2.29. The van der Waals surface area contributed by atoms with Crippen LogP contribution in [-0.4, -0.2) is 4.92 Å². The van der Waals surface area contributed by atoms with Crippen LogP contribution in [0.2, 0.25) is 0 Å². The van der Waals surface area contributed by atoms with E-state index < -0.39 is 10.7 Å². The highest BCUT2D eigenvalue weighted by molar-refractivity contribution is 9.10. The summed E-state index contributed by atoms with van der Waals surface area (Å²) in [4.78, 5) is 10.0. The molecule has 0 amide bonds. The quantitative estimate of drug-likeness (QED) is 0.477. The van der Waals surface area contributed by atoms with Crippen LogP contribution in [0.15, 0.2) is 16.6 Å². The van der Waals surface area contributed by atoms with Crippen molar-refractivity contribution < 1.29 is 9.31 Å². The van der Waals surface area contributed by atoms with Gasteiger partial charge in [-0.3, -0.25) is 10.1 Å². The standard InChI is InChI=1S/C7H4Br2FNO2/c8-3-4-1-5(10)2-6(9)7(4)11(12)13/h1-2H,3H2. The molecule has 0 unspecified atom stereocenters. The topological polar surface area (TPSA) is 43.1 Å². The third-order valence-electron chi connectivity index (χ3n) is 1.43. The molecular weight excluding hydrogens is 309 g/mol. The van der Waals surface area contributed by atoms with Gasteiger partial charge < -0.3 is 0 Å². The number of benzene rings is 1. The highest BCUT2D eigenvalue weighted by atomic mass is 79.9. The Morgan fingerprint density at radius 2 is 2.15 bits per heavy atom. The summed E-state index contributed by atoms with van der Waals surface area (Å²) in [7, 11) is 0. The van der Waals surface area contributed by atoms with E-state index in [1.165, 1.54) is 0 Å². The van der Waals surface area contributed by atoms with E-state index in [1.54, 1.807) is 0 Å². The van der Waals surface area contributed by atoms with E-state index in [1.807, 2.05) is 0 Å². The zero-order valence-corrected chi connectivity index (χ0v) is 9.43. The summed E-state index contributed by atoms with van der Waals surface area (Å²) < 4.78 is 12.9. The number of nitro benzene ring substituents is 1. The SMILES string of the molecule is O=[N+]([O-])c1c(Br)cc(F)cc1CBr. The second-order valence-corrected chi connectivity index (χ2v) is 3.70. The molecule has 0 radical (unpaired) electrons. The van der Waals surface area contributed by atoms with Gasteiger partial charge in [0.1, 0.15) is 5.82 Å². The molecule has 3 nitrogen and oxygen atoms in total. The van der Waals surface area contributed by atoms with Crippen molar-refractivity contribution >= 4 is 37.5 Å². The van der Waals surface area contributed by atoms with Gasteiger partial charge in [0.2, 0.25) is 0 Å². The first-order chi connectivity index (χ1) is 6.06. The van der Waals surface area contributed by atoms with Crippen LogP contribution >= 0.6 is 31.9 Å². The minimum Gasteiger partial charge on any atom is -0.258 e. The van der Waals surface area contributed by atoms with Crippen LogP contribution in [0.3, 0.4) is 0 Å². The van der Waals surface area contributed by atoms with Crippen LogP contribution in [0.25, 0.3) is 0 Å². The lowest BCUT2D eigenvalue weighted by atomic mass is 10.2. The van der Waals surface area contributed by atoms with Crippen molar-refractivity contribution in [2.75, 3.05) is 0 Å². The van der Waals surface area contributed by atoms with E-state index in [0.717, 1.165) is 12.1 Å². The van der Waals surface area contributed by atoms with E-state index in [4.69, 9.17) is 0 Å².